The van der Waals surface area contributed by atoms with Gasteiger partial charge in [0.1, 0.15) is 0 Å². The van der Waals surface area contributed by atoms with Crippen molar-refractivity contribution >= 4 is 5.91 Å². The maximum Gasteiger partial charge on any atom is 0.220 e. The van der Waals surface area contributed by atoms with Crippen molar-refractivity contribution in [2.75, 3.05) is 6.61 Å². The summed E-state index contributed by atoms with van der Waals surface area (Å²) in [6.07, 6.45) is 32.9. The van der Waals surface area contributed by atoms with Crippen molar-refractivity contribution in [1.82, 2.24) is 5.32 Å². The molecule has 0 heterocycles. The van der Waals surface area contributed by atoms with Crippen LogP contribution in [0.3, 0.4) is 0 Å². The van der Waals surface area contributed by atoms with Gasteiger partial charge in [-0.1, -0.05) is 168 Å². The van der Waals surface area contributed by atoms with E-state index in [9.17, 15) is 15.0 Å². The van der Waals surface area contributed by atoms with Crippen LogP contribution in [-0.2, 0) is 4.79 Å². The SMILES string of the molecule is CCCCCCCCCCCCCCCC(O)C(CO)NC(=O)CCCCCCCCCCCCCC. The minimum atomic E-state index is -0.649. The van der Waals surface area contributed by atoms with Crippen LogP contribution in [0.5, 0.6) is 0 Å². The fourth-order valence-electron chi connectivity index (χ4n) is 5.24. The molecule has 4 nitrogen and oxygen atoms in total. The van der Waals surface area contributed by atoms with Crippen LogP contribution in [0.2, 0.25) is 0 Å². The molecule has 0 fully saturated rings. The standard InChI is InChI=1S/C33H67NO3/c1-3-5-7-9-11-13-15-17-18-20-22-24-26-28-32(36)31(30-35)34-33(37)29-27-25-23-21-19-16-14-12-10-8-6-4-2/h31-32,35-36H,3-30H2,1-2H3,(H,34,37). The molecule has 0 aromatic rings. The number of aliphatic hydroxyl groups is 2. The molecule has 2 unspecified atom stereocenters. The van der Waals surface area contributed by atoms with E-state index in [2.05, 4.69) is 19.2 Å². The summed E-state index contributed by atoms with van der Waals surface area (Å²) in [6, 6.07) is -0.526. The summed E-state index contributed by atoms with van der Waals surface area (Å²) in [7, 11) is 0. The Labute approximate surface area is 232 Å². The Bertz CT molecular complexity index is 457. The minimum Gasteiger partial charge on any atom is -0.394 e. The van der Waals surface area contributed by atoms with E-state index in [1.54, 1.807) is 0 Å². The Hall–Kier alpha value is -0.610. The topological polar surface area (TPSA) is 69.6 Å². The van der Waals surface area contributed by atoms with Gasteiger partial charge >= 0.3 is 0 Å². The average Bonchev–Trinajstić information content (AvgIpc) is 2.90. The van der Waals surface area contributed by atoms with E-state index >= 15 is 0 Å². The smallest absolute Gasteiger partial charge is 0.220 e. The molecule has 0 rings (SSSR count). The van der Waals surface area contributed by atoms with Gasteiger partial charge in [0.25, 0.3) is 0 Å². The minimum absolute atomic E-state index is 0.0319. The molecular formula is C33H67NO3. The lowest BCUT2D eigenvalue weighted by atomic mass is 10.0. The Balaban J connectivity index is 3.56. The normalized spacial score (nSPS) is 13.1. The number of aliphatic hydroxyl groups excluding tert-OH is 2. The highest BCUT2D eigenvalue weighted by Crippen LogP contribution is 2.15. The molecule has 1 amide bonds. The lowest BCUT2D eigenvalue weighted by Gasteiger charge is -2.22. The summed E-state index contributed by atoms with van der Waals surface area (Å²) < 4.78 is 0. The second-order valence-corrected chi connectivity index (χ2v) is 11.6. The first-order valence-corrected chi connectivity index (χ1v) is 16.7. The highest BCUT2D eigenvalue weighted by molar-refractivity contribution is 5.76. The van der Waals surface area contributed by atoms with E-state index in [1.807, 2.05) is 0 Å². The first-order chi connectivity index (χ1) is 18.2. The van der Waals surface area contributed by atoms with E-state index in [1.165, 1.54) is 135 Å². The Morgan fingerprint density at radius 1 is 0.541 bits per heavy atom. The molecule has 4 heteroatoms. The molecule has 0 aliphatic heterocycles. The lowest BCUT2D eigenvalue weighted by molar-refractivity contribution is -0.123. The van der Waals surface area contributed by atoms with E-state index in [4.69, 9.17) is 0 Å². The predicted octanol–water partition coefficient (Wildman–Crippen LogP) is 9.40. The fourth-order valence-corrected chi connectivity index (χ4v) is 5.24. The Morgan fingerprint density at radius 3 is 1.22 bits per heavy atom. The van der Waals surface area contributed by atoms with Gasteiger partial charge in [-0.2, -0.15) is 0 Å². The molecule has 0 aromatic heterocycles. The molecule has 222 valence electrons. The third-order valence-electron chi connectivity index (χ3n) is 7.87. The second kappa shape index (κ2) is 29.9. The number of carbonyl (C=O) groups is 1. The maximum atomic E-state index is 12.3. The van der Waals surface area contributed by atoms with Crippen molar-refractivity contribution in [2.24, 2.45) is 0 Å². The van der Waals surface area contributed by atoms with Crippen molar-refractivity contribution in [3.05, 3.63) is 0 Å². The number of hydrogen-bond donors (Lipinski definition) is 3. The van der Waals surface area contributed by atoms with Crippen LogP contribution >= 0.6 is 0 Å². The summed E-state index contributed by atoms with van der Waals surface area (Å²) in [4.78, 5) is 12.3. The molecule has 0 aromatic carbocycles. The summed E-state index contributed by atoms with van der Waals surface area (Å²) in [5.74, 6) is -0.0319. The molecule has 0 saturated heterocycles. The summed E-state index contributed by atoms with van der Waals surface area (Å²) in [6.45, 7) is 4.34. The Kier molecular flexibility index (Phi) is 29.4. The zero-order valence-electron chi connectivity index (χ0n) is 25.3. The third kappa shape index (κ3) is 26.8. The van der Waals surface area contributed by atoms with Gasteiger partial charge in [-0.05, 0) is 12.8 Å². The van der Waals surface area contributed by atoms with Gasteiger partial charge in [0.05, 0.1) is 18.8 Å². The van der Waals surface area contributed by atoms with Gasteiger partial charge in [0.2, 0.25) is 5.91 Å². The number of nitrogens with one attached hydrogen (secondary N) is 1. The monoisotopic (exact) mass is 526 g/mol. The Morgan fingerprint density at radius 2 is 0.865 bits per heavy atom. The van der Waals surface area contributed by atoms with Crippen molar-refractivity contribution in [1.29, 1.82) is 0 Å². The average molecular weight is 526 g/mol. The molecule has 37 heavy (non-hydrogen) atoms. The number of amides is 1. The number of rotatable bonds is 30. The van der Waals surface area contributed by atoms with Crippen LogP contribution in [0.1, 0.15) is 187 Å². The molecule has 0 aliphatic carbocycles. The number of hydrogen-bond acceptors (Lipinski definition) is 3. The first kappa shape index (κ1) is 36.4. The molecule has 0 spiro atoms. The van der Waals surface area contributed by atoms with E-state index in [0.29, 0.717) is 12.8 Å². The fraction of sp³-hybridized carbons (Fsp3) is 0.970. The summed E-state index contributed by atoms with van der Waals surface area (Å²) in [5.41, 5.74) is 0. The maximum absolute atomic E-state index is 12.3. The van der Waals surface area contributed by atoms with Crippen molar-refractivity contribution < 1.29 is 15.0 Å². The number of carbonyl (C=O) groups excluding carboxylic acids is 1. The molecule has 0 aliphatic rings. The van der Waals surface area contributed by atoms with Crippen LogP contribution in [0.4, 0.5) is 0 Å². The quantitative estimate of drug-likeness (QED) is 0.0818. The molecule has 0 saturated carbocycles. The van der Waals surface area contributed by atoms with E-state index in [-0.39, 0.29) is 12.5 Å². The summed E-state index contributed by atoms with van der Waals surface area (Å²) >= 11 is 0. The van der Waals surface area contributed by atoms with Gasteiger partial charge < -0.3 is 15.5 Å². The zero-order chi connectivity index (χ0) is 27.2. The predicted molar refractivity (Wildman–Crippen MR) is 161 cm³/mol. The third-order valence-corrected chi connectivity index (χ3v) is 7.87. The van der Waals surface area contributed by atoms with Gasteiger partial charge in [-0.3, -0.25) is 4.79 Å². The highest BCUT2D eigenvalue weighted by Gasteiger charge is 2.19. The van der Waals surface area contributed by atoms with Gasteiger partial charge in [0.15, 0.2) is 0 Å². The van der Waals surface area contributed by atoms with E-state index in [0.717, 1.165) is 25.7 Å². The van der Waals surface area contributed by atoms with Gasteiger partial charge in [0, 0.05) is 6.42 Å². The highest BCUT2D eigenvalue weighted by atomic mass is 16.3. The zero-order valence-corrected chi connectivity index (χ0v) is 25.3. The van der Waals surface area contributed by atoms with Gasteiger partial charge in [-0.25, -0.2) is 0 Å². The number of unbranched alkanes of at least 4 members (excludes halogenated alkanes) is 23. The molecule has 0 radical (unpaired) electrons. The molecule has 2 atom stereocenters. The van der Waals surface area contributed by atoms with Crippen LogP contribution in [0, 0.1) is 0 Å². The molecular weight excluding hydrogens is 458 g/mol. The second-order valence-electron chi connectivity index (χ2n) is 11.6. The van der Waals surface area contributed by atoms with Gasteiger partial charge in [-0.15, -0.1) is 0 Å². The van der Waals surface area contributed by atoms with Crippen molar-refractivity contribution in [3.63, 3.8) is 0 Å². The largest absolute Gasteiger partial charge is 0.394 e. The van der Waals surface area contributed by atoms with Crippen LogP contribution in [0.25, 0.3) is 0 Å². The van der Waals surface area contributed by atoms with Crippen LogP contribution in [-0.4, -0.2) is 34.9 Å². The van der Waals surface area contributed by atoms with Crippen molar-refractivity contribution in [2.45, 2.75) is 199 Å². The van der Waals surface area contributed by atoms with E-state index < -0.39 is 12.1 Å². The molecule has 3 N–H and O–H groups in total. The first-order valence-electron chi connectivity index (χ1n) is 16.7. The van der Waals surface area contributed by atoms with Crippen LogP contribution in [0.15, 0.2) is 0 Å². The summed E-state index contributed by atoms with van der Waals surface area (Å²) in [5, 5.41) is 22.9. The van der Waals surface area contributed by atoms with Crippen molar-refractivity contribution in [3.8, 4) is 0 Å². The lowest BCUT2D eigenvalue weighted by Crippen LogP contribution is -2.45. The molecule has 0 bridgehead atoms. The van der Waals surface area contributed by atoms with Crippen LogP contribution < -0.4 is 5.32 Å².